The van der Waals surface area contributed by atoms with Gasteiger partial charge in [-0.25, -0.2) is 0 Å². The molecule has 1 heterocycles. The van der Waals surface area contributed by atoms with E-state index in [2.05, 4.69) is 4.98 Å². The Morgan fingerprint density at radius 2 is 2.00 bits per heavy atom. The van der Waals surface area contributed by atoms with Crippen LogP contribution in [0.1, 0.15) is 23.2 Å². The fraction of sp³-hybridized carbons (Fsp3) is 0.318. The first kappa shape index (κ1) is 20.2. The molecule has 3 aromatic rings. The van der Waals surface area contributed by atoms with Crippen molar-refractivity contribution in [3.8, 4) is 5.75 Å². The van der Waals surface area contributed by atoms with E-state index >= 15 is 0 Å². The van der Waals surface area contributed by atoms with Crippen molar-refractivity contribution in [1.29, 1.82) is 0 Å². The van der Waals surface area contributed by atoms with E-state index in [4.69, 9.17) is 21.4 Å². The van der Waals surface area contributed by atoms with Gasteiger partial charge in [-0.1, -0.05) is 23.7 Å². The van der Waals surface area contributed by atoms with E-state index in [9.17, 15) is 4.79 Å². The molecule has 0 fully saturated rings. The number of nitrogens with one attached hydrogen (secondary N) is 1. The molecule has 1 aromatic heterocycles. The fourth-order valence-corrected chi connectivity index (χ4v) is 3.39. The lowest BCUT2D eigenvalue weighted by Crippen LogP contribution is -2.19. The third kappa shape index (κ3) is 5.06. The van der Waals surface area contributed by atoms with Gasteiger partial charge in [0, 0.05) is 54.7 Å². The molecule has 0 aliphatic rings. The van der Waals surface area contributed by atoms with Gasteiger partial charge in [0.25, 0.3) is 0 Å². The summed E-state index contributed by atoms with van der Waals surface area (Å²) in [6, 6.07) is 13.8. The Kier molecular flexibility index (Phi) is 6.95. The third-order valence-electron chi connectivity index (χ3n) is 4.73. The Morgan fingerprint density at radius 3 is 2.71 bits per heavy atom. The van der Waals surface area contributed by atoms with Gasteiger partial charge < -0.3 is 19.7 Å². The Labute approximate surface area is 169 Å². The Bertz CT molecular complexity index is 921. The van der Waals surface area contributed by atoms with Crippen LogP contribution < -0.4 is 4.74 Å². The number of aliphatic hydroxyl groups excluding tert-OH is 1. The molecule has 5 nitrogen and oxygen atoms in total. The number of fused-ring (bicyclic) bond motifs is 1. The van der Waals surface area contributed by atoms with E-state index in [-0.39, 0.29) is 6.61 Å². The van der Waals surface area contributed by atoms with Crippen LogP contribution in [-0.2, 0) is 17.6 Å². The number of benzene rings is 2. The quantitative estimate of drug-likeness (QED) is 0.402. The van der Waals surface area contributed by atoms with E-state index in [1.54, 1.807) is 11.9 Å². The minimum Gasteiger partial charge on any atom is -0.494 e. The average Bonchev–Trinajstić information content (AvgIpc) is 3.03. The van der Waals surface area contributed by atoms with Gasteiger partial charge >= 0.3 is 0 Å². The van der Waals surface area contributed by atoms with Gasteiger partial charge in [-0.15, -0.1) is 0 Å². The van der Waals surface area contributed by atoms with E-state index in [1.807, 2.05) is 42.5 Å². The summed E-state index contributed by atoms with van der Waals surface area (Å²) in [5, 5.41) is 10.6. The molecule has 0 spiro atoms. The van der Waals surface area contributed by atoms with Gasteiger partial charge in [0.1, 0.15) is 5.75 Å². The number of H-pyrrole nitrogens is 1. The largest absolute Gasteiger partial charge is 0.494 e. The highest BCUT2D eigenvalue weighted by atomic mass is 35.5. The maximum absolute atomic E-state index is 11.0. The molecule has 0 aliphatic heterocycles. The summed E-state index contributed by atoms with van der Waals surface area (Å²) < 4.78 is 5.59. The molecular formula is C22H25ClN2O3. The normalized spacial score (nSPS) is 11.0. The lowest BCUT2D eigenvalue weighted by molar-refractivity contribution is -0.116. The number of aromatic amines is 1. The second-order valence-corrected chi connectivity index (χ2v) is 7.29. The molecule has 0 unspecified atom stereocenters. The van der Waals surface area contributed by atoms with Gasteiger partial charge in [0.05, 0.1) is 6.61 Å². The zero-order valence-corrected chi connectivity index (χ0v) is 16.7. The van der Waals surface area contributed by atoms with Crippen LogP contribution >= 0.6 is 11.6 Å². The fourth-order valence-electron chi connectivity index (χ4n) is 3.22. The topological polar surface area (TPSA) is 65.6 Å². The minimum atomic E-state index is 0.130. The molecule has 28 heavy (non-hydrogen) atoms. The van der Waals surface area contributed by atoms with Crippen molar-refractivity contribution in [2.24, 2.45) is 0 Å². The number of amides is 1. The maximum Gasteiger partial charge on any atom is 0.209 e. The molecule has 148 valence electrons. The highest BCUT2D eigenvalue weighted by Crippen LogP contribution is 2.28. The van der Waals surface area contributed by atoms with Crippen LogP contribution in [0.2, 0.25) is 5.02 Å². The first-order chi connectivity index (χ1) is 13.6. The van der Waals surface area contributed by atoms with Crippen molar-refractivity contribution < 1.29 is 14.6 Å². The van der Waals surface area contributed by atoms with E-state index in [0.717, 1.165) is 47.2 Å². The SMILES string of the molecule is CN(C=O)CCc1c(Cc2ccc(OCCCO)cc2)[nH]c2ccc(Cl)cc12. The summed E-state index contributed by atoms with van der Waals surface area (Å²) >= 11 is 6.21. The maximum atomic E-state index is 11.0. The van der Waals surface area contributed by atoms with Gasteiger partial charge in [-0.05, 0) is 47.9 Å². The molecule has 0 aliphatic carbocycles. The molecule has 3 rings (SSSR count). The molecule has 2 aromatic carbocycles. The van der Waals surface area contributed by atoms with Crippen LogP contribution in [0.25, 0.3) is 10.9 Å². The smallest absolute Gasteiger partial charge is 0.209 e. The summed E-state index contributed by atoms with van der Waals surface area (Å²) in [7, 11) is 1.78. The number of rotatable bonds is 10. The van der Waals surface area contributed by atoms with Gasteiger partial charge in [0.15, 0.2) is 0 Å². The standard InChI is InChI=1S/C22H25ClN2O3/c1-25(15-27)10-9-19-20-14-17(23)5-8-21(20)24-22(19)13-16-3-6-18(7-4-16)28-12-2-11-26/h3-8,14-15,24,26H,2,9-13H2,1H3. The molecule has 6 heteroatoms. The number of ether oxygens (including phenoxy) is 1. The van der Waals surface area contributed by atoms with E-state index < -0.39 is 0 Å². The number of carbonyl (C=O) groups is 1. The molecule has 0 bridgehead atoms. The van der Waals surface area contributed by atoms with Crippen LogP contribution in [0.5, 0.6) is 5.75 Å². The summed E-state index contributed by atoms with van der Waals surface area (Å²) in [5.74, 6) is 0.799. The summed E-state index contributed by atoms with van der Waals surface area (Å²) in [6.07, 6.45) is 2.98. The summed E-state index contributed by atoms with van der Waals surface area (Å²) in [6.45, 7) is 1.28. The van der Waals surface area contributed by atoms with Crippen molar-refractivity contribution in [3.05, 3.63) is 64.3 Å². The van der Waals surface area contributed by atoms with Crippen LogP contribution in [-0.4, -0.2) is 48.2 Å². The predicted molar refractivity (Wildman–Crippen MR) is 112 cm³/mol. The van der Waals surface area contributed by atoms with Crippen molar-refractivity contribution in [2.75, 3.05) is 26.8 Å². The van der Waals surface area contributed by atoms with Crippen molar-refractivity contribution in [2.45, 2.75) is 19.3 Å². The molecular weight excluding hydrogens is 376 g/mol. The molecule has 0 atom stereocenters. The molecule has 0 saturated heterocycles. The number of aliphatic hydroxyl groups is 1. The van der Waals surface area contributed by atoms with Crippen LogP contribution in [0.3, 0.4) is 0 Å². The zero-order chi connectivity index (χ0) is 19.9. The number of nitrogens with zero attached hydrogens (tertiary/aromatic N) is 1. The number of hydrogen-bond donors (Lipinski definition) is 2. The number of halogens is 1. The average molecular weight is 401 g/mol. The Balaban J connectivity index is 1.82. The number of aromatic nitrogens is 1. The zero-order valence-electron chi connectivity index (χ0n) is 16.0. The number of hydrogen-bond acceptors (Lipinski definition) is 3. The first-order valence-electron chi connectivity index (χ1n) is 9.38. The second-order valence-electron chi connectivity index (χ2n) is 6.85. The number of likely N-dealkylation sites (N-methyl/N-ethyl adjacent to an activating group) is 1. The predicted octanol–water partition coefficient (Wildman–Crippen LogP) is 3.80. The highest BCUT2D eigenvalue weighted by Gasteiger charge is 2.13. The van der Waals surface area contributed by atoms with Gasteiger partial charge in [-0.2, -0.15) is 0 Å². The van der Waals surface area contributed by atoms with Crippen LogP contribution in [0.4, 0.5) is 0 Å². The molecule has 1 amide bonds. The molecule has 0 radical (unpaired) electrons. The lowest BCUT2D eigenvalue weighted by Gasteiger charge is -2.12. The number of carbonyl (C=O) groups excluding carboxylic acids is 1. The minimum absolute atomic E-state index is 0.130. The monoisotopic (exact) mass is 400 g/mol. The van der Waals surface area contributed by atoms with Crippen molar-refractivity contribution >= 4 is 28.9 Å². The van der Waals surface area contributed by atoms with Crippen LogP contribution in [0.15, 0.2) is 42.5 Å². The van der Waals surface area contributed by atoms with E-state index in [1.165, 1.54) is 5.56 Å². The van der Waals surface area contributed by atoms with Gasteiger partial charge in [-0.3, -0.25) is 4.79 Å². The molecule has 0 saturated carbocycles. The van der Waals surface area contributed by atoms with Crippen molar-refractivity contribution in [3.63, 3.8) is 0 Å². The Hall–Kier alpha value is -2.50. The highest BCUT2D eigenvalue weighted by molar-refractivity contribution is 6.31. The summed E-state index contributed by atoms with van der Waals surface area (Å²) in [4.78, 5) is 16.1. The first-order valence-corrected chi connectivity index (χ1v) is 9.75. The van der Waals surface area contributed by atoms with E-state index in [0.29, 0.717) is 24.6 Å². The second kappa shape index (κ2) is 9.62. The Morgan fingerprint density at radius 1 is 1.21 bits per heavy atom. The summed E-state index contributed by atoms with van der Waals surface area (Å²) in [5.41, 5.74) is 4.53. The van der Waals surface area contributed by atoms with Gasteiger partial charge in [0.2, 0.25) is 6.41 Å². The van der Waals surface area contributed by atoms with Crippen LogP contribution in [0, 0.1) is 0 Å². The van der Waals surface area contributed by atoms with Crippen molar-refractivity contribution in [1.82, 2.24) is 9.88 Å². The lowest BCUT2D eigenvalue weighted by atomic mass is 10.0. The third-order valence-corrected chi connectivity index (χ3v) is 4.96. The molecule has 2 N–H and O–H groups in total.